The van der Waals surface area contributed by atoms with E-state index in [0.29, 0.717) is 28.4 Å². The maximum atomic E-state index is 11.2. The van der Waals surface area contributed by atoms with Crippen LogP contribution in [0.15, 0.2) is 16.0 Å². The van der Waals surface area contributed by atoms with Crippen LogP contribution in [0.3, 0.4) is 0 Å². The Labute approximate surface area is 123 Å². The smallest absolute Gasteiger partial charge is 0.326 e. The molecule has 0 unspecified atom stereocenters. The van der Waals surface area contributed by atoms with E-state index in [0.717, 1.165) is 12.8 Å². The Bertz CT molecular complexity index is 1040. The fourth-order valence-electron chi connectivity index (χ4n) is 2.18. The number of imidazole rings is 1. The van der Waals surface area contributed by atoms with Gasteiger partial charge >= 0.3 is 5.69 Å². The van der Waals surface area contributed by atoms with Crippen LogP contribution in [0.5, 0.6) is 5.88 Å². The van der Waals surface area contributed by atoms with Crippen molar-refractivity contribution in [1.82, 2.24) is 29.5 Å². The molecular weight excluding hydrogens is 286 g/mol. The van der Waals surface area contributed by atoms with E-state index < -0.39 is 5.69 Å². The Kier molecular flexibility index (Phi) is 2.62. The van der Waals surface area contributed by atoms with E-state index in [1.165, 1.54) is 0 Å². The highest BCUT2D eigenvalue weighted by atomic mass is 16.3. The SMILES string of the molecule is Cc1nc(=NC2CC2)n2ncc(=Cc3[nH]c(=O)[nH]c3O)c2n1. The lowest BCUT2D eigenvalue weighted by atomic mass is 10.3. The van der Waals surface area contributed by atoms with E-state index >= 15 is 0 Å². The molecule has 3 heterocycles. The quantitative estimate of drug-likeness (QED) is 0.546. The molecule has 112 valence electrons. The van der Waals surface area contributed by atoms with E-state index in [4.69, 9.17) is 0 Å². The van der Waals surface area contributed by atoms with Gasteiger partial charge in [0.15, 0.2) is 5.65 Å². The predicted molar refractivity (Wildman–Crippen MR) is 76.0 cm³/mol. The van der Waals surface area contributed by atoms with Crippen molar-refractivity contribution in [3.63, 3.8) is 0 Å². The van der Waals surface area contributed by atoms with Crippen LogP contribution in [0, 0.1) is 6.92 Å². The van der Waals surface area contributed by atoms with Crippen LogP contribution in [0.1, 0.15) is 24.4 Å². The second kappa shape index (κ2) is 4.52. The molecule has 3 N–H and O–H groups in total. The zero-order valence-electron chi connectivity index (χ0n) is 11.7. The minimum absolute atomic E-state index is 0.224. The molecule has 0 aliphatic heterocycles. The average Bonchev–Trinajstić information content (AvgIpc) is 3.09. The number of hydrogen-bond acceptors (Lipinski definition) is 6. The number of hydrogen-bond donors (Lipinski definition) is 3. The Morgan fingerprint density at radius 3 is 2.91 bits per heavy atom. The molecule has 0 amide bonds. The van der Waals surface area contributed by atoms with Crippen LogP contribution in [-0.2, 0) is 0 Å². The van der Waals surface area contributed by atoms with Gasteiger partial charge in [-0.3, -0.25) is 4.98 Å². The van der Waals surface area contributed by atoms with Gasteiger partial charge in [0.1, 0.15) is 11.5 Å². The summed E-state index contributed by atoms with van der Waals surface area (Å²) < 4.78 is 1.57. The molecule has 0 atom stereocenters. The van der Waals surface area contributed by atoms with Gasteiger partial charge in [-0.05, 0) is 25.8 Å². The number of nitrogens with one attached hydrogen (secondary N) is 2. The van der Waals surface area contributed by atoms with Crippen LogP contribution in [-0.4, -0.2) is 40.7 Å². The minimum Gasteiger partial charge on any atom is -0.493 e. The van der Waals surface area contributed by atoms with Gasteiger partial charge in [-0.2, -0.15) is 14.6 Å². The molecule has 1 saturated carbocycles. The summed E-state index contributed by atoms with van der Waals surface area (Å²) in [6.45, 7) is 1.79. The molecule has 3 aromatic rings. The Morgan fingerprint density at radius 2 is 2.23 bits per heavy atom. The highest BCUT2D eigenvalue weighted by Gasteiger charge is 2.20. The predicted octanol–water partition coefficient (Wildman–Crippen LogP) is -1.23. The zero-order chi connectivity index (χ0) is 15.3. The summed E-state index contributed by atoms with van der Waals surface area (Å²) in [7, 11) is 0. The summed E-state index contributed by atoms with van der Waals surface area (Å²) in [6, 6.07) is 0.319. The molecule has 0 bridgehead atoms. The third kappa shape index (κ3) is 2.16. The number of aromatic hydroxyl groups is 1. The van der Waals surface area contributed by atoms with E-state index in [1.54, 1.807) is 23.7 Å². The Morgan fingerprint density at radius 1 is 1.41 bits per heavy atom. The first-order valence-electron chi connectivity index (χ1n) is 6.89. The second-order valence-corrected chi connectivity index (χ2v) is 5.25. The van der Waals surface area contributed by atoms with Crippen molar-refractivity contribution in [2.75, 3.05) is 0 Å². The maximum Gasteiger partial charge on any atom is 0.326 e. The molecule has 9 heteroatoms. The highest BCUT2D eigenvalue weighted by Crippen LogP contribution is 2.22. The number of aryl methyl sites for hydroxylation is 1. The third-order valence-electron chi connectivity index (χ3n) is 3.37. The van der Waals surface area contributed by atoms with E-state index in [1.807, 2.05) is 0 Å². The molecular formula is C13H13N7O2. The highest BCUT2D eigenvalue weighted by molar-refractivity contribution is 5.56. The van der Waals surface area contributed by atoms with Gasteiger partial charge in [-0.1, -0.05) is 0 Å². The van der Waals surface area contributed by atoms with Gasteiger partial charge in [-0.15, -0.1) is 0 Å². The molecule has 3 aromatic heterocycles. The third-order valence-corrected chi connectivity index (χ3v) is 3.37. The summed E-state index contributed by atoms with van der Waals surface area (Å²) in [6.07, 6.45) is 5.34. The van der Waals surface area contributed by atoms with Crippen LogP contribution in [0.25, 0.3) is 11.7 Å². The largest absolute Gasteiger partial charge is 0.493 e. The number of aromatic nitrogens is 6. The second-order valence-electron chi connectivity index (χ2n) is 5.25. The first-order chi connectivity index (χ1) is 10.6. The molecule has 4 rings (SSSR count). The zero-order valence-corrected chi connectivity index (χ0v) is 11.7. The van der Waals surface area contributed by atoms with Gasteiger partial charge in [-0.25, -0.2) is 14.8 Å². The molecule has 0 aromatic carbocycles. The lowest BCUT2D eigenvalue weighted by molar-refractivity contribution is 0.454. The van der Waals surface area contributed by atoms with Crippen LogP contribution >= 0.6 is 0 Å². The fourth-order valence-corrected chi connectivity index (χ4v) is 2.18. The Hall–Kier alpha value is -2.97. The van der Waals surface area contributed by atoms with Crippen molar-refractivity contribution in [2.24, 2.45) is 4.99 Å². The van der Waals surface area contributed by atoms with Gasteiger partial charge in [0, 0.05) is 5.22 Å². The van der Waals surface area contributed by atoms with E-state index in [2.05, 4.69) is 30.0 Å². The monoisotopic (exact) mass is 299 g/mol. The summed E-state index contributed by atoms with van der Waals surface area (Å²) >= 11 is 0. The molecule has 1 aliphatic carbocycles. The molecule has 22 heavy (non-hydrogen) atoms. The van der Waals surface area contributed by atoms with Gasteiger partial charge < -0.3 is 10.1 Å². The lowest BCUT2D eigenvalue weighted by Gasteiger charge is -1.96. The van der Waals surface area contributed by atoms with Gasteiger partial charge in [0.05, 0.1) is 12.2 Å². The molecule has 0 spiro atoms. The summed E-state index contributed by atoms with van der Waals surface area (Å²) in [4.78, 5) is 29.2. The maximum absolute atomic E-state index is 11.2. The Balaban J connectivity index is 1.98. The lowest BCUT2D eigenvalue weighted by Crippen LogP contribution is -2.23. The van der Waals surface area contributed by atoms with E-state index in [9.17, 15) is 9.90 Å². The first-order valence-corrected chi connectivity index (χ1v) is 6.89. The molecule has 0 saturated heterocycles. The fraction of sp³-hybridized carbons (Fsp3) is 0.308. The number of nitrogens with zero attached hydrogens (tertiary/aromatic N) is 5. The molecule has 1 fully saturated rings. The van der Waals surface area contributed by atoms with Crippen molar-refractivity contribution in [3.8, 4) is 5.88 Å². The number of rotatable bonds is 2. The topological polar surface area (TPSA) is 124 Å². The summed E-state index contributed by atoms with van der Waals surface area (Å²) in [5.41, 5.74) is 0.900. The number of fused-ring (bicyclic) bond motifs is 1. The number of H-pyrrole nitrogens is 2. The first kappa shape index (κ1) is 12.7. The summed E-state index contributed by atoms with van der Waals surface area (Å²) in [5, 5.41) is 14.6. The summed E-state index contributed by atoms with van der Waals surface area (Å²) in [5.74, 6) is 0.367. The van der Waals surface area contributed by atoms with Crippen molar-refractivity contribution in [1.29, 1.82) is 0 Å². The molecule has 1 aliphatic rings. The standard InChI is InChI=1S/C13H13N7O2/c1-6-15-10-7(4-9-11(21)19-13(22)18-9)5-14-20(10)12(16-6)17-8-2-3-8/h4-5,8,21H,2-3H2,1H3,(H2,18,19,22). The van der Waals surface area contributed by atoms with Crippen molar-refractivity contribution < 1.29 is 5.11 Å². The number of aromatic amines is 2. The molecule has 9 nitrogen and oxygen atoms in total. The normalized spacial score (nSPS) is 16.8. The average molecular weight is 299 g/mol. The van der Waals surface area contributed by atoms with Crippen molar-refractivity contribution in [3.05, 3.63) is 39.0 Å². The molecule has 0 radical (unpaired) electrons. The minimum atomic E-state index is -0.476. The van der Waals surface area contributed by atoms with E-state index in [-0.39, 0.29) is 11.6 Å². The van der Waals surface area contributed by atoms with Gasteiger partial charge in [0.25, 0.3) is 0 Å². The van der Waals surface area contributed by atoms with Crippen LogP contribution in [0.2, 0.25) is 0 Å². The van der Waals surface area contributed by atoms with Crippen LogP contribution in [0.4, 0.5) is 0 Å². The van der Waals surface area contributed by atoms with Gasteiger partial charge in [0.2, 0.25) is 11.5 Å². The van der Waals surface area contributed by atoms with Crippen LogP contribution < -0.4 is 16.5 Å². The van der Waals surface area contributed by atoms with Crippen molar-refractivity contribution in [2.45, 2.75) is 25.8 Å². The van der Waals surface area contributed by atoms with Crippen molar-refractivity contribution >= 4 is 11.7 Å².